The van der Waals surface area contributed by atoms with Gasteiger partial charge < -0.3 is 14.6 Å². The summed E-state index contributed by atoms with van der Waals surface area (Å²) in [6.45, 7) is 4.39. The Balaban J connectivity index is 2.08. The Morgan fingerprint density at radius 2 is 1.76 bits per heavy atom. The first-order valence-electron chi connectivity index (χ1n) is 8.95. The molecule has 0 radical (unpaired) electrons. The molecule has 2 aromatic rings. The first kappa shape index (κ1) is 22.4. The Kier molecular flexibility index (Phi) is 7.39. The van der Waals surface area contributed by atoms with Gasteiger partial charge in [0.15, 0.2) is 12.4 Å². The minimum atomic E-state index is -0.647. The number of Topliss-reactive ketones (excluding diaryl/α,β-unsaturated/α-hetero) is 2. The molecule has 1 heterocycles. The molecule has 8 heteroatoms. The molecule has 0 spiro atoms. The summed E-state index contributed by atoms with van der Waals surface area (Å²) in [5.74, 6) is -1.09. The van der Waals surface area contributed by atoms with Crippen LogP contribution in [0.4, 0.5) is 0 Å². The van der Waals surface area contributed by atoms with E-state index < -0.39 is 18.4 Å². The minimum Gasteiger partial charge on any atom is -0.454 e. The van der Waals surface area contributed by atoms with E-state index in [0.29, 0.717) is 27.3 Å². The van der Waals surface area contributed by atoms with E-state index >= 15 is 0 Å². The Labute approximate surface area is 173 Å². The lowest BCUT2D eigenvalue weighted by molar-refractivity contribution is -0.125. The summed E-state index contributed by atoms with van der Waals surface area (Å²) in [4.78, 5) is 53.5. The van der Waals surface area contributed by atoms with Crippen molar-refractivity contribution in [2.45, 2.75) is 25.7 Å². The van der Waals surface area contributed by atoms with E-state index in [4.69, 9.17) is 4.74 Å². The van der Waals surface area contributed by atoms with Gasteiger partial charge in [-0.1, -0.05) is 12.1 Å². The van der Waals surface area contributed by atoms with Crippen molar-refractivity contribution in [3.8, 4) is 0 Å². The molecule has 0 saturated heterocycles. The predicted molar refractivity (Wildman–Crippen MR) is 111 cm³/mol. The molecule has 0 unspecified atom stereocenters. The molecule has 0 aliphatic carbocycles. The number of amides is 1. The highest BCUT2D eigenvalue weighted by Gasteiger charge is 2.22. The molecule has 7 nitrogen and oxygen atoms in total. The fourth-order valence-electron chi connectivity index (χ4n) is 2.87. The van der Waals surface area contributed by atoms with Crippen LogP contribution in [0.1, 0.15) is 49.4 Å². The van der Waals surface area contributed by atoms with Gasteiger partial charge in [-0.25, -0.2) is 4.79 Å². The summed E-state index contributed by atoms with van der Waals surface area (Å²) in [5, 5.41) is 0. The Hall–Kier alpha value is -2.87. The van der Waals surface area contributed by atoms with Crippen molar-refractivity contribution in [2.75, 3.05) is 26.5 Å². The molecule has 0 fully saturated rings. The summed E-state index contributed by atoms with van der Waals surface area (Å²) in [6, 6.07) is 6.77. The van der Waals surface area contributed by atoms with Crippen LogP contribution in [0.5, 0.6) is 0 Å². The molecule has 0 aliphatic rings. The molecule has 154 valence electrons. The maximum Gasteiger partial charge on any atom is 0.339 e. The predicted octanol–water partition coefficient (Wildman–Crippen LogP) is 3.05. The van der Waals surface area contributed by atoms with E-state index in [-0.39, 0.29) is 23.1 Å². The quantitative estimate of drug-likeness (QED) is 0.404. The van der Waals surface area contributed by atoms with Crippen molar-refractivity contribution in [1.82, 2.24) is 9.88 Å². The van der Waals surface area contributed by atoms with E-state index in [9.17, 15) is 19.2 Å². The number of ketones is 2. The van der Waals surface area contributed by atoms with E-state index in [1.807, 2.05) is 0 Å². The van der Waals surface area contributed by atoms with Gasteiger partial charge >= 0.3 is 5.97 Å². The zero-order chi connectivity index (χ0) is 21.7. The van der Waals surface area contributed by atoms with Crippen LogP contribution < -0.4 is 0 Å². The Morgan fingerprint density at radius 1 is 1.10 bits per heavy atom. The number of nitrogens with zero attached hydrogens (tertiary/aromatic N) is 1. The second kappa shape index (κ2) is 9.56. The lowest BCUT2D eigenvalue weighted by atomic mass is 10.1. The number of ether oxygens (including phenoxy) is 1. The summed E-state index contributed by atoms with van der Waals surface area (Å²) in [7, 11) is 3.33. The third-order valence-electron chi connectivity index (χ3n) is 4.36. The van der Waals surface area contributed by atoms with Crippen molar-refractivity contribution in [3.05, 3.63) is 52.3 Å². The average Bonchev–Trinajstić information content (AvgIpc) is 2.98. The second-order valence-electron chi connectivity index (χ2n) is 6.75. The van der Waals surface area contributed by atoms with Crippen LogP contribution in [0, 0.1) is 13.8 Å². The smallest absolute Gasteiger partial charge is 0.339 e. The Morgan fingerprint density at radius 3 is 2.34 bits per heavy atom. The average molecular weight is 416 g/mol. The molecule has 29 heavy (non-hydrogen) atoms. The van der Waals surface area contributed by atoms with Gasteiger partial charge in [-0.05, 0) is 38.5 Å². The lowest BCUT2D eigenvalue weighted by Gasteiger charge is -2.11. The zero-order valence-electron chi connectivity index (χ0n) is 17.1. The molecular formula is C21H24N2O5S. The van der Waals surface area contributed by atoms with Gasteiger partial charge in [0.05, 0.1) is 17.0 Å². The third-order valence-corrected chi connectivity index (χ3v) is 5.42. The van der Waals surface area contributed by atoms with Crippen molar-refractivity contribution in [1.29, 1.82) is 0 Å². The normalized spacial score (nSPS) is 10.5. The third kappa shape index (κ3) is 5.35. The molecule has 2 rings (SSSR count). The fraction of sp³-hybridized carbons (Fsp3) is 0.333. The summed E-state index contributed by atoms with van der Waals surface area (Å²) in [6.07, 6.45) is 0. The number of H-pyrrole nitrogens is 1. The van der Waals surface area contributed by atoms with Gasteiger partial charge in [0.2, 0.25) is 11.7 Å². The lowest BCUT2D eigenvalue weighted by Crippen LogP contribution is -2.23. The van der Waals surface area contributed by atoms with Gasteiger partial charge in [-0.15, -0.1) is 11.8 Å². The van der Waals surface area contributed by atoms with E-state index in [2.05, 4.69) is 4.98 Å². The maximum atomic E-state index is 12.5. The number of aryl methyl sites for hydroxylation is 1. The summed E-state index contributed by atoms with van der Waals surface area (Å²) in [5.41, 5.74) is 2.19. The standard InChI is InChI=1S/C21H24N2O5S/c1-12-19(14(3)24)13(2)22-20(12)16(25)10-28-21(27)15-8-6-7-9-17(15)29-11-18(26)23(4)5/h6-9,22H,10-11H2,1-5H3. The van der Waals surface area contributed by atoms with Gasteiger partial charge in [0.1, 0.15) is 0 Å². The molecule has 0 bridgehead atoms. The van der Waals surface area contributed by atoms with Crippen LogP contribution in [0.15, 0.2) is 29.2 Å². The van der Waals surface area contributed by atoms with Crippen LogP contribution in [-0.4, -0.2) is 59.8 Å². The van der Waals surface area contributed by atoms with Crippen molar-refractivity contribution in [2.24, 2.45) is 0 Å². The number of hydrogen-bond acceptors (Lipinski definition) is 6. The van der Waals surface area contributed by atoms with E-state index in [1.165, 1.54) is 23.6 Å². The van der Waals surface area contributed by atoms with Crippen molar-refractivity contribution < 1.29 is 23.9 Å². The highest BCUT2D eigenvalue weighted by molar-refractivity contribution is 8.00. The van der Waals surface area contributed by atoms with Crippen LogP contribution in [-0.2, 0) is 9.53 Å². The number of benzene rings is 1. The highest BCUT2D eigenvalue weighted by atomic mass is 32.2. The van der Waals surface area contributed by atoms with E-state index in [1.54, 1.807) is 52.2 Å². The van der Waals surface area contributed by atoms with Gasteiger partial charge in [0.25, 0.3) is 0 Å². The summed E-state index contributed by atoms with van der Waals surface area (Å²) < 4.78 is 5.20. The number of carbonyl (C=O) groups is 4. The molecule has 0 saturated carbocycles. The monoisotopic (exact) mass is 416 g/mol. The molecule has 0 atom stereocenters. The maximum absolute atomic E-state index is 12.5. The molecule has 1 N–H and O–H groups in total. The van der Waals surface area contributed by atoms with Gasteiger partial charge in [0, 0.05) is 30.2 Å². The van der Waals surface area contributed by atoms with Crippen LogP contribution >= 0.6 is 11.8 Å². The first-order chi connectivity index (χ1) is 13.6. The number of esters is 1. The Bertz CT molecular complexity index is 962. The summed E-state index contributed by atoms with van der Waals surface area (Å²) >= 11 is 1.23. The number of aromatic nitrogens is 1. The molecule has 1 amide bonds. The van der Waals surface area contributed by atoms with Crippen LogP contribution in [0.2, 0.25) is 0 Å². The zero-order valence-corrected chi connectivity index (χ0v) is 17.9. The fourth-order valence-corrected chi connectivity index (χ4v) is 3.89. The highest BCUT2D eigenvalue weighted by Crippen LogP contribution is 2.24. The van der Waals surface area contributed by atoms with Gasteiger partial charge in [-0.3, -0.25) is 14.4 Å². The number of rotatable bonds is 8. The largest absolute Gasteiger partial charge is 0.454 e. The first-order valence-corrected chi connectivity index (χ1v) is 9.94. The molecule has 1 aromatic heterocycles. The van der Waals surface area contributed by atoms with Gasteiger partial charge in [-0.2, -0.15) is 0 Å². The number of nitrogens with one attached hydrogen (secondary N) is 1. The topological polar surface area (TPSA) is 96.5 Å². The molecule has 0 aliphatic heterocycles. The van der Waals surface area contributed by atoms with Crippen molar-refractivity contribution >= 4 is 35.2 Å². The van der Waals surface area contributed by atoms with Crippen LogP contribution in [0.25, 0.3) is 0 Å². The minimum absolute atomic E-state index is 0.0767. The number of thioether (sulfide) groups is 1. The number of aromatic amines is 1. The van der Waals surface area contributed by atoms with Crippen molar-refractivity contribution in [3.63, 3.8) is 0 Å². The van der Waals surface area contributed by atoms with Crippen LogP contribution in [0.3, 0.4) is 0 Å². The molecular weight excluding hydrogens is 392 g/mol. The number of carbonyl (C=O) groups excluding carboxylic acids is 4. The number of hydrogen-bond donors (Lipinski definition) is 1. The SMILES string of the molecule is CC(=O)c1c(C)[nH]c(C(=O)COC(=O)c2ccccc2SCC(=O)N(C)C)c1C. The molecule has 1 aromatic carbocycles. The second-order valence-corrected chi connectivity index (χ2v) is 7.77. The van der Waals surface area contributed by atoms with E-state index in [0.717, 1.165) is 0 Å².